The van der Waals surface area contributed by atoms with Crippen molar-refractivity contribution in [2.45, 2.75) is 24.9 Å². The Labute approximate surface area is 178 Å². The fraction of sp³-hybridized carbons (Fsp3) is 0.227. The molecule has 0 saturated carbocycles. The van der Waals surface area contributed by atoms with Gasteiger partial charge in [0, 0.05) is 9.73 Å². The number of Topliss-reactive ketones (excluding diaryl/α,β-unsaturated/α-hetero) is 1. The van der Waals surface area contributed by atoms with E-state index in [0.29, 0.717) is 20.9 Å². The second-order valence-corrected chi connectivity index (χ2v) is 8.08. The fourth-order valence-corrected chi connectivity index (χ4v) is 5.37. The zero-order valence-electron chi connectivity index (χ0n) is 15.3. The van der Waals surface area contributed by atoms with Gasteiger partial charge in [0.2, 0.25) is 5.91 Å². The van der Waals surface area contributed by atoms with E-state index in [1.165, 1.54) is 4.90 Å². The summed E-state index contributed by atoms with van der Waals surface area (Å²) in [6.07, 6.45) is -0.198. The highest BCUT2D eigenvalue weighted by Gasteiger charge is 2.65. The Kier molecular flexibility index (Phi) is 4.88. The molecule has 0 aliphatic carbocycles. The molecule has 2 aromatic rings. The molecule has 4 rings (SSSR count). The number of thiocarbonyl (C=S) groups is 2. The molecule has 146 valence electrons. The molecule has 0 radical (unpaired) electrons. The van der Waals surface area contributed by atoms with Crippen LogP contribution in [0.15, 0.2) is 60.7 Å². The zero-order valence-corrected chi connectivity index (χ0v) is 16.9. The van der Waals surface area contributed by atoms with Gasteiger partial charge in [0.1, 0.15) is 6.04 Å². The van der Waals surface area contributed by atoms with Crippen molar-refractivity contribution in [3.63, 3.8) is 0 Å². The largest absolute Gasteiger partial charge is 0.480 e. The molecule has 5 nitrogen and oxygen atoms in total. The number of fused-ring (bicyclic) bond motifs is 1. The van der Waals surface area contributed by atoms with Gasteiger partial charge in [-0.3, -0.25) is 9.59 Å². The lowest BCUT2D eigenvalue weighted by atomic mass is 9.69. The number of rotatable bonds is 5. The normalized spacial score (nSPS) is 22.4. The Balaban J connectivity index is 1.94. The van der Waals surface area contributed by atoms with E-state index in [9.17, 15) is 19.5 Å². The van der Waals surface area contributed by atoms with E-state index in [-0.39, 0.29) is 18.6 Å². The highest BCUT2D eigenvalue weighted by molar-refractivity contribution is 7.82. The summed E-state index contributed by atoms with van der Waals surface area (Å²) in [6.45, 7) is 0. The van der Waals surface area contributed by atoms with Crippen molar-refractivity contribution in [1.82, 2.24) is 4.90 Å². The average molecular weight is 424 g/mol. The minimum atomic E-state index is -1.34. The Bertz CT molecular complexity index is 984. The quantitative estimate of drug-likeness (QED) is 0.453. The molecule has 29 heavy (non-hydrogen) atoms. The minimum absolute atomic E-state index is 0.0794. The molecule has 2 fully saturated rings. The molecule has 0 bridgehead atoms. The summed E-state index contributed by atoms with van der Waals surface area (Å²) in [6, 6.07) is 15.9. The van der Waals surface area contributed by atoms with Crippen molar-refractivity contribution in [2.75, 3.05) is 0 Å². The van der Waals surface area contributed by atoms with Gasteiger partial charge in [-0.15, -0.1) is 0 Å². The number of benzene rings is 2. The maximum atomic E-state index is 12.5. The third-order valence-electron chi connectivity index (χ3n) is 5.70. The van der Waals surface area contributed by atoms with Crippen LogP contribution in [-0.2, 0) is 14.4 Å². The van der Waals surface area contributed by atoms with Gasteiger partial charge in [-0.05, 0) is 17.5 Å². The number of carbonyl (C=O) groups excluding carboxylic acids is 2. The first-order chi connectivity index (χ1) is 13.9. The molecule has 2 saturated heterocycles. The SMILES string of the molecule is O=C1CC(=O)N2C1CC(C(=S)c1ccccc1)(C(=S)c1ccccc1)C2C(=O)O. The molecule has 1 N–H and O–H groups in total. The Morgan fingerprint density at radius 2 is 1.41 bits per heavy atom. The van der Waals surface area contributed by atoms with Gasteiger partial charge in [0.15, 0.2) is 5.78 Å². The maximum absolute atomic E-state index is 12.5. The van der Waals surface area contributed by atoms with E-state index < -0.39 is 29.4 Å². The van der Waals surface area contributed by atoms with Crippen LogP contribution in [-0.4, -0.2) is 49.5 Å². The monoisotopic (exact) mass is 423 g/mol. The lowest BCUT2D eigenvalue weighted by Crippen LogP contribution is -2.54. The summed E-state index contributed by atoms with van der Waals surface area (Å²) in [5, 5.41) is 10.2. The highest BCUT2D eigenvalue weighted by atomic mass is 32.1. The standard InChI is InChI=1S/C22H17NO4S2/c24-16-11-17(25)23-15(16)12-22(18(23)21(26)27,19(28)13-7-3-1-4-8-13)20(29)14-9-5-2-6-10-14/h1-10,15,18H,11-12H2,(H,26,27). The zero-order chi connectivity index (χ0) is 20.8. The van der Waals surface area contributed by atoms with E-state index >= 15 is 0 Å². The Morgan fingerprint density at radius 3 is 1.86 bits per heavy atom. The lowest BCUT2D eigenvalue weighted by Gasteiger charge is -2.36. The second kappa shape index (κ2) is 7.24. The molecular formula is C22H17NO4S2. The topological polar surface area (TPSA) is 74.7 Å². The van der Waals surface area contributed by atoms with Gasteiger partial charge >= 0.3 is 5.97 Å². The number of amides is 1. The number of hydrogen-bond donors (Lipinski definition) is 1. The Hall–Kier alpha value is -2.77. The van der Waals surface area contributed by atoms with Crippen LogP contribution in [0.1, 0.15) is 24.0 Å². The first kappa shape index (κ1) is 19.5. The molecular weight excluding hydrogens is 406 g/mol. The van der Waals surface area contributed by atoms with Gasteiger partial charge in [-0.1, -0.05) is 85.1 Å². The van der Waals surface area contributed by atoms with E-state index in [1.54, 1.807) is 24.3 Å². The van der Waals surface area contributed by atoms with Gasteiger partial charge in [0.25, 0.3) is 0 Å². The second-order valence-electron chi connectivity index (χ2n) is 7.27. The third kappa shape index (κ3) is 2.92. The third-order valence-corrected chi connectivity index (χ3v) is 6.90. The first-order valence-corrected chi connectivity index (χ1v) is 9.96. The molecule has 2 atom stereocenters. The molecule has 1 amide bonds. The van der Waals surface area contributed by atoms with E-state index in [2.05, 4.69) is 0 Å². The highest BCUT2D eigenvalue weighted by Crippen LogP contribution is 2.49. The van der Waals surface area contributed by atoms with Crippen LogP contribution in [0.5, 0.6) is 0 Å². The summed E-state index contributed by atoms with van der Waals surface area (Å²) in [5.41, 5.74) is -0.0171. The van der Waals surface area contributed by atoms with E-state index in [1.807, 2.05) is 36.4 Å². The van der Waals surface area contributed by atoms with Crippen molar-refractivity contribution in [1.29, 1.82) is 0 Å². The van der Waals surface area contributed by atoms with Crippen molar-refractivity contribution in [3.05, 3.63) is 71.8 Å². The molecule has 0 aromatic heterocycles. The van der Waals surface area contributed by atoms with Crippen LogP contribution < -0.4 is 0 Å². The predicted octanol–water partition coefficient (Wildman–Crippen LogP) is 2.84. The summed E-state index contributed by atoms with van der Waals surface area (Å²) in [4.78, 5) is 39.4. The number of carboxylic acids is 1. The molecule has 7 heteroatoms. The maximum Gasteiger partial charge on any atom is 0.327 e. The van der Waals surface area contributed by atoms with E-state index in [0.717, 1.165) is 0 Å². The van der Waals surface area contributed by atoms with Gasteiger partial charge in [-0.2, -0.15) is 0 Å². The van der Waals surface area contributed by atoms with Crippen LogP contribution in [0.25, 0.3) is 0 Å². The van der Waals surface area contributed by atoms with Crippen molar-refractivity contribution in [2.24, 2.45) is 5.41 Å². The van der Waals surface area contributed by atoms with Crippen molar-refractivity contribution in [3.8, 4) is 0 Å². The molecule has 2 aromatic carbocycles. The lowest BCUT2D eigenvalue weighted by molar-refractivity contribution is -0.148. The summed E-state index contributed by atoms with van der Waals surface area (Å²) < 4.78 is 0. The van der Waals surface area contributed by atoms with Gasteiger partial charge in [-0.25, -0.2) is 4.79 Å². The molecule has 2 aliphatic rings. The fourth-order valence-electron chi connectivity index (χ4n) is 4.44. The number of carboxylic acid groups (broad SMARTS) is 1. The number of ketones is 1. The van der Waals surface area contributed by atoms with Crippen LogP contribution >= 0.6 is 24.4 Å². The van der Waals surface area contributed by atoms with Gasteiger partial charge < -0.3 is 10.0 Å². The van der Waals surface area contributed by atoms with Gasteiger partial charge in [0.05, 0.1) is 17.9 Å². The molecule has 2 aliphatic heterocycles. The van der Waals surface area contributed by atoms with Crippen LogP contribution in [0.2, 0.25) is 0 Å². The number of carbonyl (C=O) groups is 3. The molecule has 0 spiro atoms. The van der Waals surface area contributed by atoms with Crippen LogP contribution in [0.4, 0.5) is 0 Å². The summed E-state index contributed by atoms with van der Waals surface area (Å²) >= 11 is 11.6. The average Bonchev–Trinajstić information content (AvgIpc) is 3.23. The number of nitrogens with zero attached hydrogens (tertiary/aromatic N) is 1. The smallest absolute Gasteiger partial charge is 0.327 e. The van der Waals surface area contributed by atoms with E-state index in [4.69, 9.17) is 24.4 Å². The minimum Gasteiger partial charge on any atom is -0.480 e. The summed E-state index contributed by atoms with van der Waals surface area (Å²) in [5.74, 6) is -1.98. The molecule has 2 heterocycles. The van der Waals surface area contributed by atoms with Crippen LogP contribution in [0.3, 0.4) is 0 Å². The van der Waals surface area contributed by atoms with Crippen molar-refractivity contribution < 1.29 is 19.5 Å². The predicted molar refractivity (Wildman–Crippen MR) is 115 cm³/mol. The molecule has 2 unspecified atom stereocenters. The Morgan fingerprint density at radius 1 is 0.931 bits per heavy atom. The first-order valence-electron chi connectivity index (χ1n) is 9.14. The van der Waals surface area contributed by atoms with Crippen LogP contribution in [0, 0.1) is 5.41 Å². The number of aliphatic carboxylic acids is 1. The number of hydrogen-bond acceptors (Lipinski definition) is 5. The van der Waals surface area contributed by atoms with Crippen molar-refractivity contribution >= 4 is 51.8 Å². The summed E-state index contributed by atoms with van der Waals surface area (Å²) in [7, 11) is 0.